The summed E-state index contributed by atoms with van der Waals surface area (Å²) < 4.78 is 0. The molecule has 0 spiro atoms. The van der Waals surface area contributed by atoms with E-state index in [9.17, 15) is 0 Å². The van der Waals surface area contributed by atoms with Crippen LogP contribution in [0.4, 0.5) is 0 Å². The molecule has 1 rings (SSSR count). The van der Waals surface area contributed by atoms with E-state index < -0.39 is 0 Å². The molecule has 0 aromatic carbocycles. The monoisotopic (exact) mass is 193 g/mol. The Hall–Kier alpha value is -0.960. The van der Waals surface area contributed by atoms with E-state index in [4.69, 9.17) is 0 Å². The molecule has 0 unspecified atom stereocenters. The van der Waals surface area contributed by atoms with Crippen LogP contribution in [-0.2, 0) is 6.54 Å². The Balaban J connectivity index is 2.68. The maximum atomic E-state index is 4.37. The van der Waals surface area contributed by atoms with Crippen LogP contribution in [0.25, 0.3) is 0 Å². The van der Waals surface area contributed by atoms with Gasteiger partial charge in [-0.2, -0.15) is 0 Å². The quantitative estimate of drug-likeness (QED) is 0.780. The van der Waals surface area contributed by atoms with Crippen LogP contribution in [-0.4, -0.2) is 15.5 Å². The Morgan fingerprint density at radius 2 is 1.93 bits per heavy atom. The summed E-state index contributed by atoms with van der Waals surface area (Å²) in [6, 6.07) is 0. The van der Waals surface area contributed by atoms with E-state index >= 15 is 0 Å². The molecule has 0 fully saturated rings. The first-order chi connectivity index (χ1) is 6.38. The van der Waals surface area contributed by atoms with E-state index in [0.717, 1.165) is 23.6 Å². The number of nitrogens with one attached hydrogen (secondary N) is 1. The lowest BCUT2D eigenvalue weighted by atomic mass is 10.1. The molecule has 3 heteroatoms. The smallest absolute Gasteiger partial charge is 0.0754 e. The molecule has 0 radical (unpaired) electrons. The van der Waals surface area contributed by atoms with Crippen molar-refractivity contribution in [3.8, 4) is 0 Å². The number of nitrogens with zero attached hydrogens (tertiary/aromatic N) is 2. The van der Waals surface area contributed by atoms with Gasteiger partial charge in [-0.1, -0.05) is 0 Å². The SMILES string of the molecule is Cc1cnc(CNC(C)(C)C)c(C)n1. The van der Waals surface area contributed by atoms with Gasteiger partial charge < -0.3 is 5.32 Å². The molecule has 14 heavy (non-hydrogen) atoms. The molecule has 1 aromatic heterocycles. The second-order valence-electron chi connectivity index (χ2n) is 4.65. The average molecular weight is 193 g/mol. The van der Waals surface area contributed by atoms with Crippen LogP contribution >= 0.6 is 0 Å². The van der Waals surface area contributed by atoms with Gasteiger partial charge >= 0.3 is 0 Å². The van der Waals surface area contributed by atoms with E-state index in [-0.39, 0.29) is 5.54 Å². The summed E-state index contributed by atoms with van der Waals surface area (Å²) >= 11 is 0. The largest absolute Gasteiger partial charge is 0.306 e. The molecular formula is C11H19N3. The molecule has 0 aliphatic carbocycles. The maximum absolute atomic E-state index is 4.37. The molecule has 0 aliphatic rings. The van der Waals surface area contributed by atoms with Gasteiger partial charge in [-0.05, 0) is 34.6 Å². The van der Waals surface area contributed by atoms with Crippen LogP contribution in [0.5, 0.6) is 0 Å². The van der Waals surface area contributed by atoms with Crippen LogP contribution < -0.4 is 5.32 Å². The zero-order chi connectivity index (χ0) is 10.8. The van der Waals surface area contributed by atoms with E-state index in [1.165, 1.54) is 0 Å². The Labute approximate surface area is 86.0 Å². The second kappa shape index (κ2) is 4.05. The highest BCUT2D eigenvalue weighted by atomic mass is 15.0. The molecule has 0 atom stereocenters. The summed E-state index contributed by atoms with van der Waals surface area (Å²) in [4.78, 5) is 8.73. The molecular weight excluding hydrogens is 174 g/mol. The van der Waals surface area contributed by atoms with Crippen molar-refractivity contribution in [2.45, 2.75) is 46.7 Å². The Morgan fingerprint density at radius 3 is 2.43 bits per heavy atom. The summed E-state index contributed by atoms with van der Waals surface area (Å²) in [5.41, 5.74) is 3.15. The van der Waals surface area contributed by atoms with Crippen LogP contribution in [0, 0.1) is 13.8 Å². The lowest BCUT2D eigenvalue weighted by Gasteiger charge is -2.20. The highest BCUT2D eigenvalue weighted by molar-refractivity contribution is 5.11. The maximum Gasteiger partial charge on any atom is 0.0754 e. The second-order valence-corrected chi connectivity index (χ2v) is 4.65. The topological polar surface area (TPSA) is 37.8 Å². The number of rotatable bonds is 2. The van der Waals surface area contributed by atoms with Gasteiger partial charge in [0.2, 0.25) is 0 Å². The minimum absolute atomic E-state index is 0.124. The van der Waals surface area contributed by atoms with Gasteiger partial charge in [0.25, 0.3) is 0 Å². The lowest BCUT2D eigenvalue weighted by molar-refractivity contribution is 0.420. The van der Waals surface area contributed by atoms with Crippen molar-refractivity contribution in [3.05, 3.63) is 23.3 Å². The first-order valence-electron chi connectivity index (χ1n) is 4.92. The van der Waals surface area contributed by atoms with Gasteiger partial charge in [-0.15, -0.1) is 0 Å². The number of hydrogen-bond donors (Lipinski definition) is 1. The summed E-state index contributed by atoms with van der Waals surface area (Å²) in [6.07, 6.45) is 1.81. The third-order valence-corrected chi connectivity index (χ3v) is 1.96. The van der Waals surface area contributed by atoms with Crippen molar-refractivity contribution in [1.82, 2.24) is 15.3 Å². The first kappa shape index (κ1) is 11.1. The fourth-order valence-electron chi connectivity index (χ4n) is 1.15. The van der Waals surface area contributed by atoms with Crippen molar-refractivity contribution in [2.75, 3.05) is 0 Å². The Morgan fingerprint density at radius 1 is 1.29 bits per heavy atom. The molecule has 78 valence electrons. The number of aryl methyl sites for hydroxylation is 2. The van der Waals surface area contributed by atoms with Gasteiger partial charge in [-0.25, -0.2) is 0 Å². The van der Waals surface area contributed by atoms with E-state index in [1.54, 1.807) is 0 Å². The summed E-state index contributed by atoms with van der Waals surface area (Å²) in [7, 11) is 0. The molecule has 1 N–H and O–H groups in total. The van der Waals surface area contributed by atoms with Crippen molar-refractivity contribution in [2.24, 2.45) is 0 Å². The Kier molecular flexibility index (Phi) is 3.21. The summed E-state index contributed by atoms with van der Waals surface area (Å²) in [6.45, 7) is 11.2. The molecule has 0 amide bonds. The molecule has 0 aliphatic heterocycles. The normalized spacial score (nSPS) is 11.8. The van der Waals surface area contributed by atoms with Gasteiger partial charge in [0.05, 0.1) is 17.1 Å². The van der Waals surface area contributed by atoms with Crippen LogP contribution in [0.1, 0.15) is 37.9 Å². The third kappa shape index (κ3) is 3.42. The highest BCUT2D eigenvalue weighted by Gasteiger charge is 2.10. The number of hydrogen-bond acceptors (Lipinski definition) is 3. The zero-order valence-corrected chi connectivity index (χ0v) is 9.68. The fourth-order valence-corrected chi connectivity index (χ4v) is 1.15. The van der Waals surface area contributed by atoms with Crippen molar-refractivity contribution in [3.63, 3.8) is 0 Å². The minimum Gasteiger partial charge on any atom is -0.306 e. The molecule has 0 bridgehead atoms. The van der Waals surface area contributed by atoms with Gasteiger partial charge in [0.1, 0.15) is 0 Å². The predicted molar refractivity (Wildman–Crippen MR) is 58.1 cm³/mol. The van der Waals surface area contributed by atoms with Crippen LogP contribution in [0.3, 0.4) is 0 Å². The minimum atomic E-state index is 0.124. The predicted octanol–water partition coefficient (Wildman–Crippen LogP) is 1.98. The van der Waals surface area contributed by atoms with Gasteiger partial charge in [0, 0.05) is 18.3 Å². The molecule has 3 nitrogen and oxygen atoms in total. The zero-order valence-electron chi connectivity index (χ0n) is 9.68. The van der Waals surface area contributed by atoms with Crippen LogP contribution in [0.2, 0.25) is 0 Å². The highest BCUT2D eigenvalue weighted by Crippen LogP contribution is 2.05. The van der Waals surface area contributed by atoms with Crippen LogP contribution in [0.15, 0.2) is 6.20 Å². The van der Waals surface area contributed by atoms with Crippen molar-refractivity contribution in [1.29, 1.82) is 0 Å². The van der Waals surface area contributed by atoms with E-state index in [0.29, 0.717) is 0 Å². The standard InChI is InChI=1S/C11H19N3/c1-8-6-12-10(9(2)14-8)7-13-11(3,4)5/h6,13H,7H2,1-5H3. The molecule has 1 aromatic rings. The Bertz CT molecular complexity index is 313. The molecule has 0 saturated heterocycles. The van der Waals surface area contributed by atoms with E-state index in [1.807, 2.05) is 20.0 Å². The van der Waals surface area contributed by atoms with Gasteiger partial charge in [-0.3, -0.25) is 9.97 Å². The first-order valence-corrected chi connectivity index (χ1v) is 4.92. The fraction of sp³-hybridized carbons (Fsp3) is 0.636. The van der Waals surface area contributed by atoms with E-state index in [2.05, 4.69) is 36.1 Å². The van der Waals surface area contributed by atoms with Gasteiger partial charge in [0.15, 0.2) is 0 Å². The van der Waals surface area contributed by atoms with Crippen molar-refractivity contribution >= 4 is 0 Å². The third-order valence-electron chi connectivity index (χ3n) is 1.96. The molecule has 1 heterocycles. The average Bonchev–Trinajstić information content (AvgIpc) is 2.00. The molecule has 0 saturated carbocycles. The summed E-state index contributed by atoms with van der Waals surface area (Å²) in [5.74, 6) is 0. The lowest BCUT2D eigenvalue weighted by Crippen LogP contribution is -2.35. The number of aromatic nitrogens is 2. The summed E-state index contributed by atoms with van der Waals surface area (Å²) in [5, 5.41) is 3.40. The van der Waals surface area contributed by atoms with Crippen molar-refractivity contribution < 1.29 is 0 Å².